The Balaban J connectivity index is 2.12. The van der Waals surface area contributed by atoms with Crippen molar-refractivity contribution >= 4 is 39.2 Å². The summed E-state index contributed by atoms with van der Waals surface area (Å²) in [5.74, 6) is -2.07. The van der Waals surface area contributed by atoms with Gasteiger partial charge in [-0.25, -0.2) is 22.3 Å². The number of carbonyl (C=O) groups excluding carboxylic acids is 2. The van der Waals surface area contributed by atoms with Crippen molar-refractivity contribution in [1.82, 2.24) is 4.72 Å². The second-order valence-corrected chi connectivity index (χ2v) is 7.69. The molecule has 0 fully saturated rings. The van der Waals surface area contributed by atoms with Gasteiger partial charge < -0.3 is 10.1 Å². The van der Waals surface area contributed by atoms with Gasteiger partial charge in [0.25, 0.3) is 5.91 Å². The first-order valence-electron chi connectivity index (χ1n) is 7.64. The number of ether oxygens (including phenoxy) is 1. The van der Waals surface area contributed by atoms with Crippen LogP contribution in [0.5, 0.6) is 0 Å². The lowest BCUT2D eigenvalue weighted by molar-refractivity contribution is -0.123. The fraction of sp³-hybridized carbons (Fsp3) is 0.176. The summed E-state index contributed by atoms with van der Waals surface area (Å²) in [5, 5.41) is 2.44. The number of hydrogen-bond donors (Lipinski definition) is 2. The Bertz CT molecular complexity index is 964. The summed E-state index contributed by atoms with van der Waals surface area (Å²) < 4.78 is 43.7. The van der Waals surface area contributed by atoms with Crippen molar-refractivity contribution in [3.8, 4) is 0 Å². The van der Waals surface area contributed by atoms with E-state index in [-0.39, 0.29) is 15.5 Å². The topological polar surface area (TPSA) is 102 Å². The van der Waals surface area contributed by atoms with Crippen molar-refractivity contribution in [1.29, 1.82) is 0 Å². The number of halogens is 2. The third kappa shape index (κ3) is 5.25. The van der Waals surface area contributed by atoms with E-state index in [0.717, 1.165) is 6.07 Å². The van der Waals surface area contributed by atoms with Crippen LogP contribution in [0.4, 0.5) is 10.1 Å². The van der Waals surface area contributed by atoms with E-state index in [1.807, 2.05) is 0 Å². The molecule has 0 heterocycles. The van der Waals surface area contributed by atoms with Gasteiger partial charge >= 0.3 is 5.97 Å². The highest BCUT2D eigenvalue weighted by Gasteiger charge is 2.23. The first-order chi connectivity index (χ1) is 12.6. The lowest BCUT2D eigenvalue weighted by atomic mass is 10.2. The van der Waals surface area contributed by atoms with Crippen LogP contribution in [0, 0.1) is 5.82 Å². The fourth-order valence-corrected chi connectivity index (χ4v) is 2.95. The van der Waals surface area contributed by atoms with Crippen LogP contribution in [0.25, 0.3) is 0 Å². The predicted octanol–water partition coefficient (Wildman–Crippen LogP) is 2.57. The Morgan fingerprint density at radius 3 is 2.37 bits per heavy atom. The van der Waals surface area contributed by atoms with Crippen molar-refractivity contribution in [2.75, 3.05) is 12.4 Å². The first kappa shape index (κ1) is 20.8. The Morgan fingerprint density at radius 2 is 1.78 bits per heavy atom. The number of esters is 1. The molecule has 1 atom stereocenters. The summed E-state index contributed by atoms with van der Waals surface area (Å²) in [6.07, 6.45) is -1.21. The normalized spacial score (nSPS) is 12.3. The molecule has 0 aliphatic carbocycles. The number of sulfonamides is 1. The van der Waals surface area contributed by atoms with Gasteiger partial charge in [0.15, 0.2) is 6.10 Å². The molecule has 10 heteroatoms. The Labute approximate surface area is 160 Å². The third-order valence-corrected chi connectivity index (χ3v) is 5.24. The quantitative estimate of drug-likeness (QED) is 0.707. The van der Waals surface area contributed by atoms with Crippen LogP contribution >= 0.6 is 11.6 Å². The van der Waals surface area contributed by atoms with E-state index in [4.69, 9.17) is 16.3 Å². The van der Waals surface area contributed by atoms with Gasteiger partial charge in [0, 0.05) is 5.69 Å². The molecule has 7 nitrogen and oxygen atoms in total. The Morgan fingerprint density at radius 1 is 1.15 bits per heavy atom. The van der Waals surface area contributed by atoms with E-state index in [9.17, 15) is 22.4 Å². The lowest BCUT2D eigenvalue weighted by Gasteiger charge is -2.14. The third-order valence-electron chi connectivity index (χ3n) is 3.50. The zero-order chi connectivity index (χ0) is 20.2. The SMILES string of the molecule is CNS(=O)(=O)c1ccc(Cl)c(C(=O)O[C@H](C)C(=O)Nc2ccc(F)cc2)c1. The largest absolute Gasteiger partial charge is 0.449 e. The van der Waals surface area contributed by atoms with Crippen LogP contribution < -0.4 is 10.0 Å². The minimum Gasteiger partial charge on any atom is -0.449 e. The molecule has 0 aliphatic heterocycles. The maximum atomic E-state index is 12.9. The van der Waals surface area contributed by atoms with Crippen molar-refractivity contribution in [2.45, 2.75) is 17.9 Å². The fourth-order valence-electron chi connectivity index (χ4n) is 2.00. The van der Waals surface area contributed by atoms with E-state index < -0.39 is 33.8 Å². The van der Waals surface area contributed by atoms with Crippen LogP contribution in [0.3, 0.4) is 0 Å². The smallest absolute Gasteiger partial charge is 0.340 e. The highest BCUT2D eigenvalue weighted by molar-refractivity contribution is 7.89. The summed E-state index contributed by atoms with van der Waals surface area (Å²) in [4.78, 5) is 24.2. The molecule has 0 unspecified atom stereocenters. The minimum absolute atomic E-state index is 0.0267. The molecule has 2 aromatic rings. The van der Waals surface area contributed by atoms with Crippen molar-refractivity contribution in [2.24, 2.45) is 0 Å². The molecule has 0 saturated heterocycles. The van der Waals surface area contributed by atoms with E-state index in [0.29, 0.717) is 5.69 Å². The van der Waals surface area contributed by atoms with E-state index in [1.165, 1.54) is 50.4 Å². The Hall–Kier alpha value is -2.49. The molecule has 0 saturated carbocycles. The zero-order valence-electron chi connectivity index (χ0n) is 14.3. The van der Waals surface area contributed by atoms with Crippen LogP contribution in [0.1, 0.15) is 17.3 Å². The molecular weight excluding hydrogens is 399 g/mol. The Kier molecular flexibility index (Phi) is 6.53. The van der Waals surface area contributed by atoms with Crippen LogP contribution in [-0.4, -0.2) is 33.4 Å². The summed E-state index contributed by atoms with van der Waals surface area (Å²) in [6.45, 7) is 1.33. The first-order valence-corrected chi connectivity index (χ1v) is 9.50. The van der Waals surface area contributed by atoms with Gasteiger partial charge in [-0.05, 0) is 56.4 Å². The molecule has 0 aliphatic rings. The number of carbonyl (C=O) groups is 2. The highest BCUT2D eigenvalue weighted by atomic mass is 35.5. The monoisotopic (exact) mass is 414 g/mol. The second-order valence-electron chi connectivity index (χ2n) is 5.39. The summed E-state index contributed by atoms with van der Waals surface area (Å²) >= 11 is 5.94. The number of benzene rings is 2. The van der Waals surface area contributed by atoms with Crippen LogP contribution in [0.2, 0.25) is 5.02 Å². The molecule has 0 bridgehead atoms. The molecular formula is C17H16ClFN2O5S. The molecule has 0 spiro atoms. The van der Waals surface area contributed by atoms with Gasteiger partial charge in [-0.2, -0.15) is 0 Å². The van der Waals surface area contributed by atoms with E-state index >= 15 is 0 Å². The molecule has 27 heavy (non-hydrogen) atoms. The predicted molar refractivity (Wildman–Crippen MR) is 97.6 cm³/mol. The summed E-state index contributed by atoms with van der Waals surface area (Å²) in [7, 11) is -2.56. The highest BCUT2D eigenvalue weighted by Crippen LogP contribution is 2.22. The van der Waals surface area contributed by atoms with E-state index in [1.54, 1.807) is 0 Å². The molecule has 2 aromatic carbocycles. The molecule has 0 radical (unpaired) electrons. The van der Waals surface area contributed by atoms with Crippen molar-refractivity contribution in [3.05, 3.63) is 58.9 Å². The van der Waals surface area contributed by atoms with Gasteiger partial charge in [0.05, 0.1) is 15.5 Å². The van der Waals surface area contributed by atoms with E-state index in [2.05, 4.69) is 10.0 Å². The van der Waals surface area contributed by atoms with Gasteiger partial charge in [0.2, 0.25) is 10.0 Å². The zero-order valence-corrected chi connectivity index (χ0v) is 15.9. The van der Waals surface area contributed by atoms with Gasteiger partial charge in [0.1, 0.15) is 5.82 Å². The number of anilines is 1. The van der Waals surface area contributed by atoms with Crippen molar-refractivity contribution < 1.29 is 27.1 Å². The van der Waals surface area contributed by atoms with Crippen LogP contribution in [-0.2, 0) is 19.6 Å². The number of hydrogen-bond acceptors (Lipinski definition) is 5. The average Bonchev–Trinajstić information content (AvgIpc) is 2.63. The summed E-state index contributed by atoms with van der Waals surface area (Å²) in [5.41, 5.74) is 0.124. The van der Waals surface area contributed by atoms with Crippen molar-refractivity contribution in [3.63, 3.8) is 0 Å². The number of nitrogens with one attached hydrogen (secondary N) is 2. The van der Waals surface area contributed by atoms with Gasteiger partial charge in [-0.1, -0.05) is 11.6 Å². The van der Waals surface area contributed by atoms with Gasteiger partial charge in [-0.15, -0.1) is 0 Å². The molecule has 2 N–H and O–H groups in total. The molecule has 144 valence electrons. The minimum atomic E-state index is -3.79. The van der Waals surface area contributed by atoms with Gasteiger partial charge in [-0.3, -0.25) is 4.79 Å². The maximum Gasteiger partial charge on any atom is 0.340 e. The summed E-state index contributed by atoms with van der Waals surface area (Å²) in [6, 6.07) is 8.57. The average molecular weight is 415 g/mol. The van der Waals surface area contributed by atoms with Crippen LogP contribution in [0.15, 0.2) is 47.4 Å². The number of rotatable bonds is 6. The number of amides is 1. The second kappa shape index (κ2) is 8.47. The molecule has 1 amide bonds. The lowest BCUT2D eigenvalue weighted by Crippen LogP contribution is -2.30. The maximum absolute atomic E-state index is 12.9. The molecule has 2 rings (SSSR count). The molecule has 0 aromatic heterocycles. The standard InChI is InChI=1S/C17H16ClFN2O5S/c1-10(16(22)21-12-5-3-11(19)4-6-12)26-17(23)14-9-13(7-8-15(14)18)27(24,25)20-2/h3-10,20H,1-2H3,(H,21,22)/t10-/m1/s1.